The van der Waals surface area contributed by atoms with Gasteiger partial charge in [-0.15, -0.1) is 0 Å². The zero-order valence-corrected chi connectivity index (χ0v) is 11.8. The van der Waals surface area contributed by atoms with E-state index < -0.39 is 15.7 Å². The van der Waals surface area contributed by atoms with Crippen molar-refractivity contribution in [3.8, 4) is 5.75 Å². The molecule has 1 aromatic rings. The minimum absolute atomic E-state index is 0.0245. The first-order valence-electron chi connectivity index (χ1n) is 5.99. The summed E-state index contributed by atoms with van der Waals surface area (Å²) >= 11 is 0. The molecule has 0 amide bonds. The lowest BCUT2D eigenvalue weighted by Gasteiger charge is -2.08. The Balaban J connectivity index is 2.53. The summed E-state index contributed by atoms with van der Waals surface area (Å²) in [6.07, 6.45) is 0.310. The molecule has 0 aliphatic heterocycles. The molecule has 0 spiro atoms. The van der Waals surface area contributed by atoms with Gasteiger partial charge in [0.1, 0.15) is 9.84 Å². The number of hydrogen-bond acceptors (Lipinski definition) is 4. The van der Waals surface area contributed by atoms with Gasteiger partial charge in [-0.2, -0.15) is 0 Å². The van der Waals surface area contributed by atoms with Gasteiger partial charge in [-0.05, 0) is 31.5 Å². The normalized spacial score (nSPS) is 11.3. The van der Waals surface area contributed by atoms with Crippen LogP contribution < -0.4 is 4.74 Å². The molecule has 0 radical (unpaired) electrons. The van der Waals surface area contributed by atoms with Crippen LogP contribution in [-0.2, 0) is 9.84 Å². The number of halogens is 1. The van der Waals surface area contributed by atoms with Crippen LogP contribution in [0.15, 0.2) is 18.2 Å². The Morgan fingerprint density at radius 1 is 1.37 bits per heavy atom. The van der Waals surface area contributed by atoms with E-state index in [4.69, 9.17) is 4.74 Å². The van der Waals surface area contributed by atoms with Gasteiger partial charge in [0, 0.05) is 11.3 Å². The zero-order valence-electron chi connectivity index (χ0n) is 11.0. The zero-order chi connectivity index (χ0) is 14.5. The van der Waals surface area contributed by atoms with Gasteiger partial charge in [-0.3, -0.25) is 4.79 Å². The first-order valence-corrected chi connectivity index (χ1v) is 7.81. The number of ether oxygens (including phenoxy) is 1. The molecule has 0 aliphatic carbocycles. The molecule has 0 atom stereocenters. The summed E-state index contributed by atoms with van der Waals surface area (Å²) < 4.78 is 41.2. The number of benzene rings is 1. The van der Waals surface area contributed by atoms with E-state index in [9.17, 15) is 17.6 Å². The molecule has 1 rings (SSSR count). The first-order chi connectivity index (χ1) is 8.85. The number of carbonyl (C=O) groups is 1. The van der Waals surface area contributed by atoms with E-state index in [1.165, 1.54) is 19.1 Å². The minimum atomic E-state index is -3.02. The molecule has 0 unspecified atom stereocenters. The van der Waals surface area contributed by atoms with Crippen LogP contribution in [0.4, 0.5) is 4.39 Å². The number of Topliss-reactive ketones (excluding diaryl/α,β-unsaturated/α-hetero) is 1. The highest BCUT2D eigenvalue weighted by Crippen LogP contribution is 2.18. The maximum absolute atomic E-state index is 13.5. The summed E-state index contributed by atoms with van der Waals surface area (Å²) in [6, 6.07) is 3.96. The summed E-state index contributed by atoms with van der Waals surface area (Å²) in [5.74, 6) is -0.699. The Bertz CT molecular complexity index is 552. The van der Waals surface area contributed by atoms with E-state index in [0.29, 0.717) is 6.42 Å². The van der Waals surface area contributed by atoms with Gasteiger partial charge in [0.05, 0.1) is 12.4 Å². The quantitative estimate of drug-likeness (QED) is 0.570. The van der Waals surface area contributed by atoms with Crippen LogP contribution in [0.3, 0.4) is 0 Å². The minimum Gasteiger partial charge on any atom is -0.490 e. The summed E-state index contributed by atoms with van der Waals surface area (Å²) in [5, 5.41) is 0. The molecule has 1 aromatic carbocycles. The molecule has 0 fully saturated rings. The smallest absolute Gasteiger partial charge is 0.165 e. The third kappa shape index (κ3) is 4.98. The fourth-order valence-corrected chi connectivity index (χ4v) is 2.29. The van der Waals surface area contributed by atoms with Crippen LogP contribution in [0.5, 0.6) is 5.75 Å². The van der Waals surface area contributed by atoms with Crippen molar-refractivity contribution in [2.45, 2.75) is 20.3 Å². The van der Waals surface area contributed by atoms with Gasteiger partial charge < -0.3 is 4.74 Å². The van der Waals surface area contributed by atoms with E-state index in [0.717, 1.165) is 6.07 Å². The molecule has 0 saturated heterocycles. The molecular weight excluding hydrogens is 271 g/mol. The number of carbonyl (C=O) groups excluding carboxylic acids is 1. The van der Waals surface area contributed by atoms with Gasteiger partial charge in [0.15, 0.2) is 17.3 Å². The van der Waals surface area contributed by atoms with Crippen molar-refractivity contribution >= 4 is 15.6 Å². The van der Waals surface area contributed by atoms with E-state index >= 15 is 0 Å². The SMILES string of the molecule is CCS(=O)(=O)CCCOc1ccc(C(C)=O)cc1F. The van der Waals surface area contributed by atoms with Crippen LogP contribution >= 0.6 is 0 Å². The molecule has 0 aliphatic rings. The highest BCUT2D eigenvalue weighted by atomic mass is 32.2. The van der Waals surface area contributed by atoms with Crippen molar-refractivity contribution < 1.29 is 22.3 Å². The third-order valence-corrected chi connectivity index (χ3v) is 4.43. The largest absolute Gasteiger partial charge is 0.490 e. The van der Waals surface area contributed by atoms with E-state index in [1.807, 2.05) is 0 Å². The predicted molar refractivity (Wildman–Crippen MR) is 70.8 cm³/mol. The topological polar surface area (TPSA) is 60.4 Å². The van der Waals surface area contributed by atoms with Gasteiger partial charge >= 0.3 is 0 Å². The fourth-order valence-electron chi connectivity index (χ4n) is 1.44. The highest BCUT2D eigenvalue weighted by molar-refractivity contribution is 7.91. The lowest BCUT2D eigenvalue weighted by molar-refractivity contribution is 0.101. The van der Waals surface area contributed by atoms with Crippen LogP contribution in [0.25, 0.3) is 0 Å². The Morgan fingerprint density at radius 2 is 2.05 bits per heavy atom. The second-order valence-electron chi connectivity index (χ2n) is 4.14. The van der Waals surface area contributed by atoms with Crippen LogP contribution in [-0.4, -0.2) is 32.3 Å². The lowest BCUT2D eigenvalue weighted by atomic mass is 10.1. The highest BCUT2D eigenvalue weighted by Gasteiger charge is 2.09. The molecule has 106 valence electrons. The second-order valence-corrected chi connectivity index (χ2v) is 6.61. The summed E-state index contributed by atoms with van der Waals surface area (Å²) in [4.78, 5) is 11.0. The molecule has 0 bridgehead atoms. The summed E-state index contributed by atoms with van der Waals surface area (Å²) in [7, 11) is -3.02. The first kappa shape index (κ1) is 15.6. The summed E-state index contributed by atoms with van der Waals surface area (Å²) in [5.41, 5.74) is 0.276. The van der Waals surface area contributed by atoms with Crippen LogP contribution in [0.1, 0.15) is 30.6 Å². The summed E-state index contributed by atoms with van der Waals surface area (Å²) in [6.45, 7) is 3.05. The van der Waals surface area contributed by atoms with Crippen molar-refractivity contribution in [2.75, 3.05) is 18.1 Å². The Hall–Kier alpha value is -1.43. The fraction of sp³-hybridized carbons (Fsp3) is 0.462. The van der Waals surface area contributed by atoms with Gasteiger partial charge in [0.2, 0.25) is 0 Å². The van der Waals surface area contributed by atoms with E-state index in [2.05, 4.69) is 0 Å². The molecule has 6 heteroatoms. The number of sulfone groups is 1. The van der Waals surface area contributed by atoms with E-state index in [1.54, 1.807) is 6.92 Å². The van der Waals surface area contributed by atoms with Crippen molar-refractivity contribution in [3.63, 3.8) is 0 Å². The maximum atomic E-state index is 13.5. The molecular formula is C13H17FO4S. The predicted octanol–water partition coefficient (Wildman–Crippen LogP) is 2.23. The number of rotatable bonds is 7. The second kappa shape index (κ2) is 6.65. The van der Waals surface area contributed by atoms with E-state index in [-0.39, 0.29) is 35.2 Å². The number of ketones is 1. The lowest BCUT2D eigenvalue weighted by Crippen LogP contribution is -2.12. The van der Waals surface area contributed by atoms with Crippen molar-refractivity contribution in [2.24, 2.45) is 0 Å². The number of hydrogen-bond donors (Lipinski definition) is 0. The monoisotopic (exact) mass is 288 g/mol. The standard InChI is InChI=1S/C13H17FO4S/c1-3-19(16,17)8-4-7-18-13-6-5-11(10(2)15)9-12(13)14/h5-6,9H,3-4,7-8H2,1-2H3. The maximum Gasteiger partial charge on any atom is 0.165 e. The Labute approximate surface area is 112 Å². The van der Waals surface area contributed by atoms with Gasteiger partial charge in [-0.1, -0.05) is 6.92 Å². The average Bonchev–Trinajstić information content (AvgIpc) is 2.36. The molecule has 0 N–H and O–H groups in total. The average molecular weight is 288 g/mol. The van der Waals surface area contributed by atoms with Gasteiger partial charge in [-0.25, -0.2) is 12.8 Å². The Kier molecular flexibility index (Phi) is 5.47. The van der Waals surface area contributed by atoms with Crippen molar-refractivity contribution in [1.82, 2.24) is 0 Å². The van der Waals surface area contributed by atoms with Crippen LogP contribution in [0, 0.1) is 5.82 Å². The Morgan fingerprint density at radius 3 is 2.58 bits per heavy atom. The molecule has 0 saturated carbocycles. The third-order valence-electron chi connectivity index (χ3n) is 2.64. The van der Waals surface area contributed by atoms with Crippen LogP contribution in [0.2, 0.25) is 0 Å². The molecule has 0 heterocycles. The van der Waals surface area contributed by atoms with Gasteiger partial charge in [0.25, 0.3) is 0 Å². The van der Waals surface area contributed by atoms with Crippen molar-refractivity contribution in [3.05, 3.63) is 29.6 Å². The van der Waals surface area contributed by atoms with Crippen molar-refractivity contribution in [1.29, 1.82) is 0 Å². The molecule has 4 nitrogen and oxygen atoms in total. The molecule has 19 heavy (non-hydrogen) atoms. The molecule has 0 aromatic heterocycles.